The van der Waals surface area contributed by atoms with Crippen LogP contribution in [0.4, 0.5) is 4.79 Å². The largest absolute Gasteiger partial charge is 0.464 e. The number of nitrogens with one attached hydrogen (secondary N) is 2. The van der Waals surface area contributed by atoms with E-state index in [4.69, 9.17) is 9.15 Å². The summed E-state index contributed by atoms with van der Waals surface area (Å²) in [5.74, 6) is 3.47. The van der Waals surface area contributed by atoms with Crippen molar-refractivity contribution >= 4 is 6.09 Å². The molecule has 4 atom stereocenters. The summed E-state index contributed by atoms with van der Waals surface area (Å²) in [5, 5.41) is 6.29. The van der Waals surface area contributed by atoms with Crippen LogP contribution >= 0.6 is 0 Å². The van der Waals surface area contributed by atoms with E-state index in [1.165, 1.54) is 6.42 Å². The molecule has 1 heterocycles. The Hall–Kier alpha value is -1.49. The van der Waals surface area contributed by atoms with Crippen LogP contribution in [-0.4, -0.2) is 23.8 Å². The minimum atomic E-state index is -0.452. The standard InChI is InChI=1S/C17H26N2O3/c1-10-7-12(10)15-6-5-11(21-15)9-18-13-8-14(13)19-16(20)22-17(2,3)4/h5-6,10,12-14,18H,7-9H2,1-4H3,(H,19,20). The lowest BCUT2D eigenvalue weighted by Crippen LogP contribution is -2.36. The molecule has 0 saturated heterocycles. The molecule has 0 aromatic carbocycles. The summed E-state index contributed by atoms with van der Waals surface area (Å²) in [4.78, 5) is 11.7. The molecule has 0 radical (unpaired) electrons. The van der Waals surface area contributed by atoms with Gasteiger partial charge in [0.05, 0.1) is 6.54 Å². The average molecular weight is 306 g/mol. The fourth-order valence-electron chi connectivity index (χ4n) is 2.68. The second kappa shape index (κ2) is 5.61. The number of carbonyl (C=O) groups is 1. The molecule has 2 saturated carbocycles. The molecule has 2 N–H and O–H groups in total. The van der Waals surface area contributed by atoms with Crippen molar-refractivity contribution in [2.75, 3.05) is 0 Å². The van der Waals surface area contributed by atoms with Crippen LogP contribution in [0.3, 0.4) is 0 Å². The summed E-state index contributed by atoms with van der Waals surface area (Å²) >= 11 is 0. The van der Waals surface area contributed by atoms with Crippen molar-refractivity contribution in [1.29, 1.82) is 0 Å². The van der Waals surface area contributed by atoms with Gasteiger partial charge in [-0.05, 0) is 51.7 Å². The van der Waals surface area contributed by atoms with E-state index in [2.05, 4.69) is 23.6 Å². The number of rotatable bonds is 5. The van der Waals surface area contributed by atoms with Crippen LogP contribution in [0.5, 0.6) is 0 Å². The Morgan fingerprint density at radius 2 is 2.05 bits per heavy atom. The van der Waals surface area contributed by atoms with Gasteiger partial charge in [0.1, 0.15) is 17.1 Å². The summed E-state index contributed by atoms with van der Waals surface area (Å²) < 4.78 is 11.1. The molecule has 3 rings (SSSR count). The lowest BCUT2D eigenvalue weighted by Gasteiger charge is -2.19. The van der Waals surface area contributed by atoms with Gasteiger partial charge in [0.25, 0.3) is 0 Å². The first kappa shape index (κ1) is 15.4. The highest BCUT2D eigenvalue weighted by atomic mass is 16.6. The maximum absolute atomic E-state index is 11.7. The van der Waals surface area contributed by atoms with Crippen LogP contribution in [0.1, 0.15) is 58.0 Å². The highest BCUT2D eigenvalue weighted by Gasteiger charge is 2.39. The molecule has 0 bridgehead atoms. The average Bonchev–Trinajstić information content (AvgIpc) is 3.25. The van der Waals surface area contributed by atoms with Gasteiger partial charge in [-0.25, -0.2) is 4.79 Å². The van der Waals surface area contributed by atoms with Crippen molar-refractivity contribution in [1.82, 2.24) is 10.6 Å². The lowest BCUT2D eigenvalue weighted by atomic mass is 10.2. The normalized spacial score (nSPS) is 30.0. The zero-order valence-electron chi connectivity index (χ0n) is 13.8. The summed E-state index contributed by atoms with van der Waals surface area (Å²) in [6.45, 7) is 8.56. The molecular weight excluding hydrogens is 280 g/mol. The van der Waals surface area contributed by atoms with Crippen LogP contribution in [0.2, 0.25) is 0 Å². The predicted molar refractivity (Wildman–Crippen MR) is 83.6 cm³/mol. The van der Waals surface area contributed by atoms with E-state index in [1.807, 2.05) is 26.8 Å². The van der Waals surface area contributed by atoms with Crippen LogP contribution < -0.4 is 10.6 Å². The number of carbonyl (C=O) groups excluding carboxylic acids is 1. The number of amides is 1. The number of furan rings is 1. The first-order chi connectivity index (χ1) is 10.3. The van der Waals surface area contributed by atoms with Gasteiger partial charge in [-0.15, -0.1) is 0 Å². The van der Waals surface area contributed by atoms with Crippen LogP contribution in [0.15, 0.2) is 16.5 Å². The predicted octanol–water partition coefficient (Wildman–Crippen LogP) is 3.16. The Bertz CT molecular complexity index is 546. The van der Waals surface area contributed by atoms with Crippen molar-refractivity contribution in [2.45, 2.75) is 70.7 Å². The molecule has 5 nitrogen and oxygen atoms in total. The van der Waals surface area contributed by atoms with Crippen molar-refractivity contribution in [3.05, 3.63) is 23.7 Å². The molecule has 122 valence electrons. The molecule has 1 amide bonds. The van der Waals surface area contributed by atoms with E-state index >= 15 is 0 Å². The van der Waals surface area contributed by atoms with Crippen molar-refractivity contribution in [2.24, 2.45) is 5.92 Å². The fraction of sp³-hybridized carbons (Fsp3) is 0.706. The SMILES string of the molecule is CC1CC1c1ccc(CNC2CC2NC(=O)OC(C)(C)C)o1. The summed E-state index contributed by atoms with van der Waals surface area (Å²) in [6.07, 6.45) is 1.84. The van der Waals surface area contributed by atoms with Gasteiger partial charge in [-0.2, -0.15) is 0 Å². The molecule has 1 aromatic rings. The lowest BCUT2D eigenvalue weighted by molar-refractivity contribution is 0.0522. The number of ether oxygens (including phenoxy) is 1. The smallest absolute Gasteiger partial charge is 0.407 e. The second-order valence-corrected chi connectivity index (χ2v) is 7.60. The van der Waals surface area contributed by atoms with E-state index < -0.39 is 5.60 Å². The molecule has 4 unspecified atom stereocenters. The summed E-state index contributed by atoms with van der Waals surface area (Å²) in [6, 6.07) is 4.61. The van der Waals surface area contributed by atoms with Gasteiger partial charge in [0, 0.05) is 18.0 Å². The molecule has 0 spiro atoms. The summed E-state index contributed by atoms with van der Waals surface area (Å²) in [5.41, 5.74) is -0.452. The maximum atomic E-state index is 11.7. The Kier molecular flexibility index (Phi) is 3.93. The quantitative estimate of drug-likeness (QED) is 0.877. The zero-order valence-corrected chi connectivity index (χ0v) is 13.8. The Morgan fingerprint density at radius 3 is 2.68 bits per heavy atom. The van der Waals surface area contributed by atoms with Crippen molar-refractivity contribution < 1.29 is 13.9 Å². The molecule has 1 aromatic heterocycles. The third-order valence-corrected chi connectivity index (χ3v) is 4.19. The van der Waals surface area contributed by atoms with Crippen LogP contribution in [-0.2, 0) is 11.3 Å². The summed E-state index contributed by atoms with van der Waals surface area (Å²) in [7, 11) is 0. The molecule has 5 heteroatoms. The minimum Gasteiger partial charge on any atom is -0.464 e. The topological polar surface area (TPSA) is 63.5 Å². The van der Waals surface area contributed by atoms with E-state index in [1.54, 1.807) is 0 Å². The third kappa shape index (κ3) is 4.03. The van der Waals surface area contributed by atoms with E-state index in [9.17, 15) is 4.79 Å². The molecule has 2 aliphatic rings. The Balaban J connectivity index is 1.37. The van der Waals surface area contributed by atoms with Crippen molar-refractivity contribution in [3.63, 3.8) is 0 Å². The van der Waals surface area contributed by atoms with E-state index in [-0.39, 0.29) is 12.1 Å². The van der Waals surface area contributed by atoms with Gasteiger partial charge in [0.2, 0.25) is 0 Å². The van der Waals surface area contributed by atoms with Crippen LogP contribution in [0.25, 0.3) is 0 Å². The molecular formula is C17H26N2O3. The number of hydrogen-bond acceptors (Lipinski definition) is 4. The minimum absolute atomic E-state index is 0.160. The van der Waals surface area contributed by atoms with E-state index in [0.717, 1.165) is 23.9 Å². The second-order valence-electron chi connectivity index (χ2n) is 7.60. The van der Waals surface area contributed by atoms with Gasteiger partial charge in [-0.3, -0.25) is 0 Å². The Morgan fingerprint density at radius 1 is 1.32 bits per heavy atom. The molecule has 2 fully saturated rings. The first-order valence-electron chi connectivity index (χ1n) is 8.13. The van der Waals surface area contributed by atoms with Gasteiger partial charge in [-0.1, -0.05) is 6.92 Å². The monoisotopic (exact) mass is 306 g/mol. The fourth-order valence-corrected chi connectivity index (χ4v) is 2.68. The van der Waals surface area contributed by atoms with Gasteiger partial charge in [0.15, 0.2) is 0 Å². The van der Waals surface area contributed by atoms with Gasteiger partial charge >= 0.3 is 6.09 Å². The van der Waals surface area contributed by atoms with Gasteiger partial charge < -0.3 is 19.8 Å². The number of alkyl carbamates (subject to hydrolysis) is 1. The maximum Gasteiger partial charge on any atom is 0.407 e. The van der Waals surface area contributed by atoms with Crippen molar-refractivity contribution in [3.8, 4) is 0 Å². The molecule has 0 aliphatic heterocycles. The Labute approximate surface area is 131 Å². The third-order valence-electron chi connectivity index (χ3n) is 4.19. The molecule has 2 aliphatic carbocycles. The number of hydrogen-bond donors (Lipinski definition) is 2. The zero-order chi connectivity index (χ0) is 15.9. The first-order valence-corrected chi connectivity index (χ1v) is 8.13. The highest BCUT2D eigenvalue weighted by Crippen LogP contribution is 2.47. The molecule has 22 heavy (non-hydrogen) atoms. The highest BCUT2D eigenvalue weighted by molar-refractivity contribution is 5.68. The van der Waals surface area contributed by atoms with Crippen LogP contribution in [0, 0.1) is 5.92 Å². The van der Waals surface area contributed by atoms with E-state index in [0.29, 0.717) is 18.5 Å².